The third kappa shape index (κ3) is 4.22. The van der Waals surface area contributed by atoms with Gasteiger partial charge in [-0.3, -0.25) is 14.4 Å². The van der Waals surface area contributed by atoms with Crippen molar-refractivity contribution in [2.45, 2.75) is 39.7 Å². The summed E-state index contributed by atoms with van der Waals surface area (Å²) in [6.45, 7) is 7.81. The number of nitrogens with zero attached hydrogens (tertiary/aromatic N) is 2. The van der Waals surface area contributed by atoms with E-state index in [4.69, 9.17) is 10.5 Å². The molecule has 2 atom stereocenters. The molecular weight excluding hydrogens is 298 g/mol. The Labute approximate surface area is 137 Å². The number of nitrogens with two attached hydrogens (primary N) is 1. The van der Waals surface area contributed by atoms with Crippen LogP contribution < -0.4 is 5.73 Å². The van der Waals surface area contributed by atoms with Crippen molar-refractivity contribution in [1.82, 2.24) is 9.80 Å². The molecule has 2 unspecified atom stereocenters. The number of piperidine rings is 1. The third-order valence-corrected chi connectivity index (χ3v) is 4.39. The van der Waals surface area contributed by atoms with E-state index in [2.05, 4.69) is 0 Å². The van der Waals surface area contributed by atoms with Gasteiger partial charge in [0.25, 0.3) is 0 Å². The van der Waals surface area contributed by atoms with Gasteiger partial charge in [0.15, 0.2) is 6.10 Å². The molecule has 0 aliphatic carbocycles. The summed E-state index contributed by atoms with van der Waals surface area (Å²) < 4.78 is 5.28. The maximum Gasteiger partial charge on any atom is 0.248 e. The highest BCUT2D eigenvalue weighted by atomic mass is 16.5. The molecule has 7 heteroatoms. The minimum atomic E-state index is -0.733. The standard InChI is InChI=1S/C16H27N3O4/c1-16(2,3)15(22)19-6-4-5-11(9-19)14(21)18-7-8-23-12(10-18)13(17)20/h11-12H,4-10H2,1-3H3,(H2,17,20). The lowest BCUT2D eigenvalue weighted by Crippen LogP contribution is -2.54. The molecule has 3 amide bonds. The van der Waals surface area contributed by atoms with Gasteiger partial charge in [-0.15, -0.1) is 0 Å². The van der Waals surface area contributed by atoms with Gasteiger partial charge in [0.2, 0.25) is 17.7 Å². The molecule has 0 aromatic carbocycles. The molecule has 0 aromatic heterocycles. The first-order valence-electron chi connectivity index (χ1n) is 8.19. The molecule has 0 radical (unpaired) electrons. The van der Waals surface area contributed by atoms with E-state index in [1.165, 1.54) is 0 Å². The Balaban J connectivity index is 1.99. The van der Waals surface area contributed by atoms with E-state index < -0.39 is 17.4 Å². The first kappa shape index (κ1) is 17.7. The number of hydrogen-bond acceptors (Lipinski definition) is 4. The van der Waals surface area contributed by atoms with E-state index in [1.54, 1.807) is 9.80 Å². The number of primary amides is 1. The molecular formula is C16H27N3O4. The molecule has 0 spiro atoms. The summed E-state index contributed by atoms with van der Waals surface area (Å²) in [7, 11) is 0. The molecule has 2 saturated heterocycles. The largest absolute Gasteiger partial charge is 0.367 e. The zero-order chi connectivity index (χ0) is 17.2. The van der Waals surface area contributed by atoms with E-state index in [0.717, 1.165) is 12.8 Å². The highest BCUT2D eigenvalue weighted by molar-refractivity contribution is 5.85. The summed E-state index contributed by atoms with van der Waals surface area (Å²) in [5, 5.41) is 0. The lowest BCUT2D eigenvalue weighted by atomic mass is 9.90. The number of rotatable bonds is 2. The zero-order valence-corrected chi connectivity index (χ0v) is 14.2. The first-order valence-corrected chi connectivity index (χ1v) is 8.19. The predicted octanol–water partition coefficient (Wildman–Crippen LogP) is -0.0162. The fraction of sp³-hybridized carbons (Fsp3) is 0.812. The van der Waals surface area contributed by atoms with Crippen LogP contribution in [0.25, 0.3) is 0 Å². The van der Waals surface area contributed by atoms with Crippen molar-refractivity contribution in [3.8, 4) is 0 Å². The lowest BCUT2D eigenvalue weighted by Gasteiger charge is -2.39. The van der Waals surface area contributed by atoms with Crippen molar-refractivity contribution in [3.63, 3.8) is 0 Å². The number of amides is 3. The van der Waals surface area contributed by atoms with Crippen LogP contribution in [0.4, 0.5) is 0 Å². The summed E-state index contributed by atoms with van der Waals surface area (Å²) >= 11 is 0. The molecule has 0 saturated carbocycles. The van der Waals surface area contributed by atoms with Crippen molar-refractivity contribution in [1.29, 1.82) is 0 Å². The van der Waals surface area contributed by atoms with Crippen LogP contribution in [0.3, 0.4) is 0 Å². The van der Waals surface area contributed by atoms with Gasteiger partial charge in [-0.25, -0.2) is 0 Å². The van der Waals surface area contributed by atoms with Gasteiger partial charge >= 0.3 is 0 Å². The summed E-state index contributed by atoms with van der Waals surface area (Å²) in [5.74, 6) is -0.685. The number of carbonyl (C=O) groups is 3. The van der Waals surface area contributed by atoms with Crippen molar-refractivity contribution >= 4 is 17.7 Å². The van der Waals surface area contributed by atoms with E-state index >= 15 is 0 Å². The minimum Gasteiger partial charge on any atom is -0.367 e. The Morgan fingerprint density at radius 2 is 1.78 bits per heavy atom. The fourth-order valence-electron chi connectivity index (χ4n) is 3.12. The topological polar surface area (TPSA) is 92.9 Å². The second kappa shape index (κ2) is 6.86. The van der Waals surface area contributed by atoms with Crippen LogP contribution in [0.1, 0.15) is 33.6 Å². The molecule has 2 fully saturated rings. The van der Waals surface area contributed by atoms with E-state index in [0.29, 0.717) is 26.2 Å². The first-order chi connectivity index (χ1) is 10.7. The number of likely N-dealkylation sites (tertiary alicyclic amines) is 1. The Morgan fingerprint density at radius 3 is 2.39 bits per heavy atom. The van der Waals surface area contributed by atoms with Gasteiger partial charge in [-0.05, 0) is 12.8 Å². The average molecular weight is 325 g/mol. The maximum absolute atomic E-state index is 12.7. The summed E-state index contributed by atoms with van der Waals surface area (Å²) in [5.41, 5.74) is 4.82. The van der Waals surface area contributed by atoms with Crippen LogP contribution in [-0.4, -0.2) is 66.4 Å². The molecule has 0 aromatic rings. The van der Waals surface area contributed by atoms with Crippen LogP contribution in [0.2, 0.25) is 0 Å². The number of carbonyl (C=O) groups excluding carboxylic acids is 3. The molecule has 23 heavy (non-hydrogen) atoms. The maximum atomic E-state index is 12.7. The van der Waals surface area contributed by atoms with E-state index in [1.807, 2.05) is 20.8 Å². The highest BCUT2D eigenvalue weighted by Crippen LogP contribution is 2.25. The second-order valence-corrected chi connectivity index (χ2v) is 7.39. The van der Waals surface area contributed by atoms with Crippen molar-refractivity contribution < 1.29 is 19.1 Å². The normalized spacial score (nSPS) is 26.0. The Morgan fingerprint density at radius 1 is 1.09 bits per heavy atom. The Kier molecular flexibility index (Phi) is 5.29. The second-order valence-electron chi connectivity index (χ2n) is 7.39. The van der Waals surface area contributed by atoms with Crippen molar-refractivity contribution in [2.75, 3.05) is 32.8 Å². The van der Waals surface area contributed by atoms with Gasteiger partial charge in [0.1, 0.15) is 0 Å². The van der Waals surface area contributed by atoms with Gasteiger partial charge in [-0.1, -0.05) is 20.8 Å². The van der Waals surface area contributed by atoms with Crippen molar-refractivity contribution in [3.05, 3.63) is 0 Å². The molecule has 2 aliphatic heterocycles. The number of hydrogen-bond donors (Lipinski definition) is 1. The lowest BCUT2D eigenvalue weighted by molar-refractivity contribution is -0.151. The Bertz CT molecular complexity index is 486. The summed E-state index contributed by atoms with van der Waals surface area (Å²) in [4.78, 5) is 39.8. The predicted molar refractivity (Wildman–Crippen MR) is 84.3 cm³/mol. The quantitative estimate of drug-likeness (QED) is 0.772. The molecule has 2 rings (SSSR count). The van der Waals surface area contributed by atoms with Crippen LogP contribution in [0.15, 0.2) is 0 Å². The monoisotopic (exact) mass is 325 g/mol. The molecule has 2 N–H and O–H groups in total. The average Bonchev–Trinajstić information content (AvgIpc) is 2.52. The molecule has 2 aliphatic rings. The van der Waals surface area contributed by atoms with Gasteiger partial charge < -0.3 is 20.3 Å². The van der Waals surface area contributed by atoms with E-state index in [9.17, 15) is 14.4 Å². The van der Waals surface area contributed by atoms with Gasteiger partial charge in [0, 0.05) is 25.0 Å². The van der Waals surface area contributed by atoms with Crippen LogP contribution >= 0.6 is 0 Å². The molecule has 130 valence electrons. The van der Waals surface area contributed by atoms with Crippen molar-refractivity contribution in [2.24, 2.45) is 17.1 Å². The SMILES string of the molecule is CC(C)(C)C(=O)N1CCCC(C(=O)N2CCOC(C(N)=O)C2)C1. The summed E-state index contributed by atoms with van der Waals surface area (Å²) in [6.07, 6.45) is 0.858. The summed E-state index contributed by atoms with van der Waals surface area (Å²) in [6, 6.07) is 0. The molecule has 0 bridgehead atoms. The van der Waals surface area contributed by atoms with Crippen LogP contribution in [0.5, 0.6) is 0 Å². The van der Waals surface area contributed by atoms with E-state index in [-0.39, 0.29) is 24.3 Å². The van der Waals surface area contributed by atoms with Gasteiger partial charge in [0.05, 0.1) is 19.1 Å². The zero-order valence-electron chi connectivity index (χ0n) is 14.2. The highest BCUT2D eigenvalue weighted by Gasteiger charge is 2.36. The minimum absolute atomic E-state index is 0.00837. The van der Waals surface area contributed by atoms with Gasteiger partial charge in [-0.2, -0.15) is 0 Å². The Hall–Kier alpha value is -1.63. The third-order valence-electron chi connectivity index (χ3n) is 4.39. The van der Waals surface area contributed by atoms with Crippen LogP contribution in [0, 0.1) is 11.3 Å². The molecule has 2 heterocycles. The fourth-order valence-corrected chi connectivity index (χ4v) is 3.12. The number of morpholine rings is 1. The molecule has 7 nitrogen and oxygen atoms in total. The smallest absolute Gasteiger partial charge is 0.248 e. The van der Waals surface area contributed by atoms with Crippen LogP contribution in [-0.2, 0) is 19.1 Å². The number of ether oxygens (including phenoxy) is 1.